The Morgan fingerprint density at radius 2 is 1.39 bits per heavy atom. The molecule has 0 aliphatic rings. The fraction of sp³-hybridized carbons (Fsp3) is 0.238. The van der Waals surface area contributed by atoms with Crippen LogP contribution in [-0.2, 0) is 6.42 Å². The van der Waals surface area contributed by atoms with Crippen LogP contribution in [0, 0.1) is 0 Å². The van der Waals surface area contributed by atoms with Crippen LogP contribution < -0.4 is 0 Å². The molecule has 2 heteroatoms. The summed E-state index contributed by atoms with van der Waals surface area (Å²) in [5.41, 5.74) is 1.46. The highest BCUT2D eigenvalue weighted by Crippen LogP contribution is 2.36. The van der Waals surface area contributed by atoms with Crippen molar-refractivity contribution >= 4 is 50.8 Å². The summed E-state index contributed by atoms with van der Waals surface area (Å²) in [7, 11) is -1.47. The molecule has 0 radical (unpaired) electrons. The molecule has 0 nitrogen and oxygen atoms in total. The van der Waals surface area contributed by atoms with Crippen molar-refractivity contribution in [1.82, 2.24) is 0 Å². The first kappa shape index (κ1) is 15.0. The molecule has 0 aliphatic heterocycles. The van der Waals surface area contributed by atoms with E-state index >= 15 is 0 Å². The number of benzene rings is 4. The molecule has 0 atom stereocenters. The molecule has 0 heterocycles. The molecule has 23 heavy (non-hydrogen) atoms. The van der Waals surface area contributed by atoms with Gasteiger partial charge in [0.05, 0.1) is 0 Å². The van der Waals surface area contributed by atoms with Crippen LogP contribution in [-0.4, -0.2) is 7.38 Å². The van der Waals surface area contributed by atoms with Gasteiger partial charge in [-0.15, -0.1) is 0 Å². The number of hydrogen-bond donors (Lipinski definition) is 0. The van der Waals surface area contributed by atoms with Crippen molar-refractivity contribution in [3.05, 3.63) is 60.2 Å². The molecule has 0 spiro atoms. The Labute approximate surface area is 143 Å². The molecule has 0 amide bonds. The largest absolute Gasteiger partial charge is 0.168 e. The predicted molar refractivity (Wildman–Crippen MR) is 107 cm³/mol. The second-order valence-electron chi connectivity index (χ2n) is 7.15. The van der Waals surface area contributed by atoms with Crippen molar-refractivity contribution in [3.8, 4) is 0 Å². The lowest BCUT2D eigenvalue weighted by Gasteiger charge is -2.15. The molecule has 116 valence electrons. The van der Waals surface area contributed by atoms with Gasteiger partial charge in [0.15, 0.2) is 7.38 Å². The zero-order chi connectivity index (χ0) is 16.0. The summed E-state index contributed by atoms with van der Waals surface area (Å²) < 4.78 is 0. The summed E-state index contributed by atoms with van der Waals surface area (Å²) in [4.78, 5) is 0. The maximum atomic E-state index is 6.48. The standard InChI is InChI=1S/C21H21ClSi/c1-23(2,22)14-4-7-15-8-9-18-11-10-16-5-3-6-17-12-13-19(15)21(18)20(16)17/h3,5-6,8-13H,4,7,14H2,1-2H3. The number of rotatable bonds is 4. The van der Waals surface area contributed by atoms with Gasteiger partial charge in [0.2, 0.25) is 0 Å². The van der Waals surface area contributed by atoms with Crippen LogP contribution in [0.15, 0.2) is 54.6 Å². The highest BCUT2D eigenvalue weighted by Gasteiger charge is 2.16. The Kier molecular flexibility index (Phi) is 3.59. The van der Waals surface area contributed by atoms with Crippen LogP contribution in [0.2, 0.25) is 19.1 Å². The van der Waals surface area contributed by atoms with Crippen LogP contribution in [0.25, 0.3) is 32.3 Å². The Balaban J connectivity index is 1.86. The SMILES string of the molecule is C[Si](C)(Cl)CCCc1ccc2ccc3cccc4ccc1c2c34. The van der Waals surface area contributed by atoms with Gasteiger partial charge in [-0.2, -0.15) is 11.1 Å². The van der Waals surface area contributed by atoms with Crippen molar-refractivity contribution in [1.29, 1.82) is 0 Å². The Morgan fingerprint density at radius 1 is 0.783 bits per heavy atom. The lowest BCUT2D eigenvalue weighted by molar-refractivity contribution is 0.914. The summed E-state index contributed by atoms with van der Waals surface area (Å²) in [5, 5.41) is 8.29. The smallest absolute Gasteiger partial charge is 0.150 e. The minimum absolute atomic E-state index is 1.12. The van der Waals surface area contributed by atoms with Crippen molar-refractivity contribution in [2.45, 2.75) is 32.0 Å². The molecule has 0 saturated heterocycles. The monoisotopic (exact) mass is 336 g/mol. The molecule has 4 rings (SSSR count). The third kappa shape index (κ3) is 2.73. The molecule has 0 saturated carbocycles. The van der Waals surface area contributed by atoms with Gasteiger partial charge in [-0.3, -0.25) is 0 Å². The molecular weight excluding hydrogens is 316 g/mol. The quantitative estimate of drug-likeness (QED) is 0.214. The molecule has 0 bridgehead atoms. The lowest BCUT2D eigenvalue weighted by Crippen LogP contribution is -2.15. The summed E-state index contributed by atoms with van der Waals surface area (Å²) in [6, 6.07) is 21.4. The third-order valence-corrected chi connectivity index (χ3v) is 6.95. The van der Waals surface area contributed by atoms with E-state index in [0.29, 0.717) is 0 Å². The Hall–Kier alpha value is -1.57. The average molecular weight is 337 g/mol. The fourth-order valence-corrected chi connectivity index (χ4v) is 5.13. The van der Waals surface area contributed by atoms with Gasteiger partial charge < -0.3 is 0 Å². The summed E-state index contributed by atoms with van der Waals surface area (Å²) >= 11 is 6.48. The van der Waals surface area contributed by atoms with Gasteiger partial charge in [0, 0.05) is 0 Å². The second-order valence-corrected chi connectivity index (χ2v) is 14.2. The fourth-order valence-electron chi connectivity index (χ4n) is 3.71. The Bertz CT molecular complexity index is 966. The lowest BCUT2D eigenvalue weighted by atomic mass is 9.91. The van der Waals surface area contributed by atoms with Gasteiger partial charge >= 0.3 is 0 Å². The van der Waals surface area contributed by atoms with E-state index in [-0.39, 0.29) is 0 Å². The molecule has 0 aliphatic carbocycles. The van der Waals surface area contributed by atoms with E-state index in [9.17, 15) is 0 Å². The summed E-state index contributed by atoms with van der Waals surface area (Å²) in [6.45, 7) is 4.47. The summed E-state index contributed by atoms with van der Waals surface area (Å²) in [5.74, 6) is 0. The van der Waals surface area contributed by atoms with Crippen molar-refractivity contribution in [3.63, 3.8) is 0 Å². The number of aryl methyl sites for hydroxylation is 1. The predicted octanol–water partition coefficient (Wildman–Crippen LogP) is 6.96. The molecule has 0 N–H and O–H groups in total. The average Bonchev–Trinajstić information content (AvgIpc) is 2.52. The van der Waals surface area contributed by atoms with Crippen LogP contribution in [0.4, 0.5) is 0 Å². The minimum atomic E-state index is -1.47. The molecule has 4 aromatic rings. The highest BCUT2D eigenvalue weighted by atomic mass is 35.6. The highest BCUT2D eigenvalue weighted by molar-refractivity contribution is 7.19. The van der Waals surface area contributed by atoms with Gasteiger partial charge in [-0.25, -0.2) is 0 Å². The molecular formula is C21H21ClSi. The van der Waals surface area contributed by atoms with Crippen LogP contribution >= 0.6 is 11.1 Å². The first-order chi connectivity index (χ1) is 11.0. The van der Waals surface area contributed by atoms with Gasteiger partial charge in [-0.1, -0.05) is 74.1 Å². The zero-order valence-corrected chi connectivity index (χ0v) is 15.5. The molecule has 0 unspecified atom stereocenters. The normalized spacial score (nSPS) is 12.7. The minimum Gasteiger partial charge on any atom is -0.168 e. The van der Waals surface area contributed by atoms with E-state index in [4.69, 9.17) is 11.1 Å². The molecule has 4 aromatic carbocycles. The molecule has 0 aromatic heterocycles. The van der Waals surface area contributed by atoms with Gasteiger partial charge in [0.25, 0.3) is 0 Å². The van der Waals surface area contributed by atoms with Gasteiger partial charge in [0.1, 0.15) is 0 Å². The topological polar surface area (TPSA) is 0 Å². The van der Waals surface area contributed by atoms with E-state index in [1.54, 1.807) is 0 Å². The van der Waals surface area contributed by atoms with E-state index in [1.807, 2.05) is 0 Å². The maximum absolute atomic E-state index is 6.48. The first-order valence-corrected chi connectivity index (χ1v) is 12.6. The van der Waals surface area contributed by atoms with Crippen molar-refractivity contribution in [2.75, 3.05) is 0 Å². The van der Waals surface area contributed by atoms with Crippen LogP contribution in [0.5, 0.6) is 0 Å². The van der Waals surface area contributed by atoms with E-state index in [0.717, 1.165) is 6.42 Å². The second kappa shape index (κ2) is 5.50. The molecule has 0 fully saturated rings. The third-order valence-electron chi connectivity index (χ3n) is 4.84. The maximum Gasteiger partial charge on any atom is 0.150 e. The van der Waals surface area contributed by atoms with Gasteiger partial charge in [-0.05, 0) is 50.3 Å². The van der Waals surface area contributed by atoms with Crippen molar-refractivity contribution in [2.24, 2.45) is 0 Å². The van der Waals surface area contributed by atoms with Crippen LogP contribution in [0.3, 0.4) is 0 Å². The summed E-state index contributed by atoms with van der Waals surface area (Å²) in [6.07, 6.45) is 2.31. The number of hydrogen-bond acceptors (Lipinski definition) is 0. The van der Waals surface area contributed by atoms with E-state index in [2.05, 4.69) is 67.7 Å². The Morgan fingerprint density at radius 3 is 2.09 bits per heavy atom. The number of halogens is 1. The first-order valence-electron chi connectivity index (χ1n) is 8.37. The van der Waals surface area contributed by atoms with E-state index < -0.39 is 7.38 Å². The van der Waals surface area contributed by atoms with E-state index in [1.165, 1.54) is 50.3 Å². The van der Waals surface area contributed by atoms with Crippen LogP contribution in [0.1, 0.15) is 12.0 Å². The zero-order valence-electron chi connectivity index (χ0n) is 13.7. The van der Waals surface area contributed by atoms with Crippen molar-refractivity contribution < 1.29 is 0 Å².